The molecule has 7 heteroatoms. The van der Waals surface area contributed by atoms with Crippen LogP contribution in [0.2, 0.25) is 0 Å². The molecule has 1 amide bonds. The molecule has 0 N–H and O–H groups in total. The molecule has 4 aromatic rings. The van der Waals surface area contributed by atoms with Gasteiger partial charge in [-0.25, -0.2) is 4.98 Å². The number of ether oxygens (including phenoxy) is 1. The van der Waals surface area contributed by atoms with Gasteiger partial charge in [-0.15, -0.1) is 0 Å². The van der Waals surface area contributed by atoms with Crippen LogP contribution in [0.3, 0.4) is 0 Å². The number of benzene rings is 2. The maximum Gasteiger partial charge on any atom is 0.281 e. The number of rotatable bonds is 6. The number of para-hydroxylation sites is 3. The first kappa shape index (κ1) is 20.6. The number of hydrogen-bond acceptors (Lipinski definition) is 5. The van der Waals surface area contributed by atoms with Gasteiger partial charge >= 0.3 is 0 Å². The van der Waals surface area contributed by atoms with Crippen molar-refractivity contribution < 1.29 is 18.7 Å². The van der Waals surface area contributed by atoms with Gasteiger partial charge in [-0.05, 0) is 30.7 Å². The van der Waals surface area contributed by atoms with E-state index in [4.69, 9.17) is 9.15 Å². The summed E-state index contributed by atoms with van der Waals surface area (Å²) in [7, 11) is 1.52. The Hall–Kier alpha value is -3.71. The largest absolute Gasteiger partial charge is 0.618 e. The maximum atomic E-state index is 13.2. The highest BCUT2D eigenvalue weighted by molar-refractivity contribution is 5.94. The zero-order valence-electron chi connectivity index (χ0n) is 17.7. The molecule has 0 saturated heterocycles. The van der Waals surface area contributed by atoms with E-state index >= 15 is 0 Å². The number of carbonyl (C=O) groups is 1. The summed E-state index contributed by atoms with van der Waals surface area (Å²) in [5.74, 6) is 0.367. The highest BCUT2D eigenvalue weighted by atomic mass is 16.5. The molecule has 0 aliphatic rings. The summed E-state index contributed by atoms with van der Waals surface area (Å²) in [6, 6.07) is 16.7. The first-order chi connectivity index (χ1) is 15.0. The smallest absolute Gasteiger partial charge is 0.281 e. The van der Waals surface area contributed by atoms with Gasteiger partial charge in [0.2, 0.25) is 11.2 Å². The number of amides is 1. The third-order valence-electron chi connectivity index (χ3n) is 5.19. The number of allylic oxidation sites excluding steroid dienone is 1. The molecule has 0 aliphatic carbocycles. The first-order valence-electron chi connectivity index (χ1n) is 9.92. The standard InChI is InChI=1S/C24H23N3O4/c1-16(22-14-18-8-4-7-11-21(18)31-22)12-13-26(15-30-3)24(28)23-17(2)27(29)20-10-6-5-9-19(20)25-23/h4-12,14H,13,15H2,1-3H3. The predicted molar refractivity (Wildman–Crippen MR) is 118 cm³/mol. The number of fused-ring (bicyclic) bond motifs is 2. The second kappa shape index (κ2) is 8.57. The minimum atomic E-state index is -0.372. The van der Waals surface area contributed by atoms with Gasteiger partial charge in [-0.1, -0.05) is 36.4 Å². The van der Waals surface area contributed by atoms with E-state index in [9.17, 15) is 10.0 Å². The Morgan fingerprint density at radius 2 is 1.97 bits per heavy atom. The van der Waals surface area contributed by atoms with Crippen LogP contribution in [0.4, 0.5) is 0 Å². The third kappa shape index (κ3) is 4.00. The van der Waals surface area contributed by atoms with E-state index in [1.165, 1.54) is 12.0 Å². The lowest BCUT2D eigenvalue weighted by Gasteiger charge is -2.20. The van der Waals surface area contributed by atoms with Gasteiger partial charge in [-0.3, -0.25) is 4.79 Å². The highest BCUT2D eigenvalue weighted by Gasteiger charge is 2.25. The molecule has 0 aliphatic heterocycles. The van der Waals surface area contributed by atoms with E-state index in [1.807, 2.05) is 43.3 Å². The van der Waals surface area contributed by atoms with E-state index in [0.29, 0.717) is 11.0 Å². The van der Waals surface area contributed by atoms with Crippen LogP contribution in [0.15, 0.2) is 65.1 Å². The second-order valence-corrected chi connectivity index (χ2v) is 7.31. The normalized spacial score (nSPS) is 11.9. The molecular formula is C24H23N3O4. The van der Waals surface area contributed by atoms with Crippen molar-refractivity contribution in [2.24, 2.45) is 0 Å². The molecule has 0 fully saturated rings. The van der Waals surface area contributed by atoms with E-state index in [1.54, 1.807) is 31.2 Å². The minimum Gasteiger partial charge on any atom is -0.618 e. The van der Waals surface area contributed by atoms with Gasteiger partial charge in [0.15, 0.2) is 5.69 Å². The van der Waals surface area contributed by atoms with Crippen LogP contribution in [0.1, 0.15) is 28.9 Å². The van der Waals surface area contributed by atoms with Gasteiger partial charge in [0.1, 0.15) is 23.6 Å². The molecule has 7 nitrogen and oxygen atoms in total. The summed E-state index contributed by atoms with van der Waals surface area (Å²) < 4.78 is 11.9. The number of carbonyl (C=O) groups excluding carboxylic acids is 1. The van der Waals surface area contributed by atoms with Crippen LogP contribution in [0.25, 0.3) is 27.6 Å². The van der Waals surface area contributed by atoms with Crippen LogP contribution in [0.5, 0.6) is 0 Å². The Balaban J connectivity index is 1.62. The van der Waals surface area contributed by atoms with Gasteiger partial charge in [0.25, 0.3) is 5.91 Å². The van der Waals surface area contributed by atoms with E-state index in [-0.39, 0.29) is 30.6 Å². The molecule has 158 valence electrons. The molecule has 2 heterocycles. The minimum absolute atomic E-state index is 0.0650. The van der Waals surface area contributed by atoms with Gasteiger partial charge in [0.05, 0.1) is 0 Å². The van der Waals surface area contributed by atoms with Crippen molar-refractivity contribution in [1.29, 1.82) is 0 Å². The van der Waals surface area contributed by atoms with Crippen molar-refractivity contribution in [2.75, 3.05) is 20.4 Å². The van der Waals surface area contributed by atoms with Crippen molar-refractivity contribution in [2.45, 2.75) is 13.8 Å². The monoisotopic (exact) mass is 417 g/mol. The zero-order chi connectivity index (χ0) is 22.0. The number of aromatic nitrogens is 2. The highest BCUT2D eigenvalue weighted by Crippen LogP contribution is 2.24. The van der Waals surface area contributed by atoms with Crippen LogP contribution >= 0.6 is 0 Å². The Morgan fingerprint density at radius 3 is 2.74 bits per heavy atom. The molecule has 0 saturated carbocycles. The van der Waals surface area contributed by atoms with Crippen molar-refractivity contribution in [3.8, 4) is 0 Å². The summed E-state index contributed by atoms with van der Waals surface area (Å²) in [5, 5.41) is 13.6. The first-order valence-corrected chi connectivity index (χ1v) is 9.92. The number of nitrogens with zero attached hydrogens (tertiary/aromatic N) is 3. The Morgan fingerprint density at radius 1 is 1.23 bits per heavy atom. The molecule has 0 radical (unpaired) electrons. The fraction of sp³-hybridized carbons (Fsp3) is 0.208. The fourth-order valence-electron chi connectivity index (χ4n) is 3.44. The van der Waals surface area contributed by atoms with Crippen LogP contribution in [-0.4, -0.2) is 36.2 Å². The molecule has 0 spiro atoms. The van der Waals surface area contributed by atoms with Gasteiger partial charge < -0.3 is 19.3 Å². The Bertz CT molecular complexity index is 1260. The quantitative estimate of drug-likeness (QED) is 0.268. The molecule has 0 bridgehead atoms. The van der Waals surface area contributed by atoms with E-state index in [0.717, 1.165) is 27.0 Å². The molecule has 31 heavy (non-hydrogen) atoms. The SMILES string of the molecule is COCN(CC=C(C)c1cc2ccccc2o1)C(=O)c1nc2ccccc2[n+]([O-])c1C. The number of methoxy groups -OCH3 is 1. The summed E-state index contributed by atoms with van der Waals surface area (Å²) in [4.78, 5) is 19.2. The van der Waals surface area contributed by atoms with Crippen LogP contribution in [-0.2, 0) is 4.74 Å². The zero-order valence-corrected chi connectivity index (χ0v) is 17.7. The summed E-state index contributed by atoms with van der Waals surface area (Å²) in [6.07, 6.45) is 1.90. The average Bonchev–Trinajstić information content (AvgIpc) is 3.23. The van der Waals surface area contributed by atoms with Crippen molar-refractivity contribution in [1.82, 2.24) is 9.88 Å². The lowest BCUT2D eigenvalue weighted by atomic mass is 10.2. The third-order valence-corrected chi connectivity index (χ3v) is 5.19. The predicted octanol–water partition coefficient (Wildman–Crippen LogP) is 4.07. The second-order valence-electron chi connectivity index (χ2n) is 7.31. The topological polar surface area (TPSA) is 82.5 Å². The number of hydrogen-bond donors (Lipinski definition) is 0. The molecule has 2 aromatic carbocycles. The van der Waals surface area contributed by atoms with Crippen LogP contribution in [0, 0.1) is 12.1 Å². The Kier molecular flexibility index (Phi) is 5.68. The molecular weight excluding hydrogens is 394 g/mol. The summed E-state index contributed by atoms with van der Waals surface area (Å²) in [6.45, 7) is 3.87. The van der Waals surface area contributed by atoms with Gasteiger partial charge in [-0.2, -0.15) is 4.73 Å². The van der Waals surface area contributed by atoms with Crippen molar-refractivity contribution >= 4 is 33.5 Å². The number of furan rings is 1. The average molecular weight is 417 g/mol. The lowest BCUT2D eigenvalue weighted by molar-refractivity contribution is -0.584. The van der Waals surface area contributed by atoms with Crippen LogP contribution < -0.4 is 4.73 Å². The maximum absolute atomic E-state index is 13.2. The van der Waals surface area contributed by atoms with E-state index < -0.39 is 0 Å². The van der Waals surface area contributed by atoms with E-state index in [2.05, 4.69) is 4.98 Å². The molecule has 4 rings (SSSR count). The van der Waals surface area contributed by atoms with Crippen molar-refractivity contribution in [3.05, 3.63) is 83.0 Å². The van der Waals surface area contributed by atoms with Crippen molar-refractivity contribution in [3.63, 3.8) is 0 Å². The summed E-state index contributed by atoms with van der Waals surface area (Å²) >= 11 is 0. The summed E-state index contributed by atoms with van der Waals surface area (Å²) in [5.41, 5.74) is 2.97. The van der Waals surface area contributed by atoms with Gasteiger partial charge in [0, 0.05) is 32.0 Å². The molecule has 0 atom stereocenters. The molecule has 0 unspecified atom stereocenters. The Labute approximate surface area is 179 Å². The lowest BCUT2D eigenvalue weighted by Crippen LogP contribution is -2.39. The molecule has 2 aromatic heterocycles. The fourth-order valence-corrected chi connectivity index (χ4v) is 3.44.